The quantitative estimate of drug-likeness (QED) is 0.194. The van der Waals surface area contributed by atoms with Crippen LogP contribution in [-0.2, 0) is 22.4 Å². The molecule has 1 heterocycles. The first-order chi connectivity index (χ1) is 18.2. The minimum Gasteiger partial charge on any atom is -0.493 e. The number of hydrogen-bond acceptors (Lipinski definition) is 6. The van der Waals surface area contributed by atoms with E-state index in [0.717, 1.165) is 11.1 Å². The minimum atomic E-state index is -0.391. The number of fused-ring (bicyclic) bond motifs is 1. The maximum atomic E-state index is 14.0. The largest absolute Gasteiger partial charge is 0.493 e. The smallest absolute Gasteiger partial charge is 0.230 e. The summed E-state index contributed by atoms with van der Waals surface area (Å²) in [5.41, 5.74) is 3.44. The van der Waals surface area contributed by atoms with Crippen molar-refractivity contribution in [2.75, 3.05) is 6.61 Å². The number of Topliss-reactive ketones (excluding diaryl/α,β-unsaturated/α-hetero) is 2. The fraction of sp³-hybridized carbons (Fsp3) is 0.267. The number of halogens is 2. The van der Waals surface area contributed by atoms with Crippen molar-refractivity contribution in [3.63, 3.8) is 0 Å². The number of hydrogen-bond donors (Lipinski definition) is 0. The Balaban J connectivity index is 1.46. The van der Waals surface area contributed by atoms with Crippen LogP contribution in [0.3, 0.4) is 0 Å². The van der Waals surface area contributed by atoms with Crippen LogP contribution in [0.25, 0.3) is 10.9 Å². The number of ketones is 2. The number of nitrogens with zero attached hydrogens (tertiary/aromatic N) is 2. The summed E-state index contributed by atoms with van der Waals surface area (Å²) in [6.45, 7) is 5.78. The van der Waals surface area contributed by atoms with Crippen molar-refractivity contribution < 1.29 is 23.5 Å². The lowest BCUT2D eigenvalue weighted by molar-refractivity contribution is -0.118. The van der Waals surface area contributed by atoms with Crippen LogP contribution in [0.15, 0.2) is 54.9 Å². The third kappa shape index (κ3) is 6.92. The molecule has 0 aliphatic carbocycles. The molecule has 38 heavy (non-hydrogen) atoms. The zero-order valence-electron chi connectivity index (χ0n) is 21.5. The number of rotatable bonds is 11. The summed E-state index contributed by atoms with van der Waals surface area (Å²) >= 11 is 6.47. The first-order valence-corrected chi connectivity index (χ1v) is 12.7. The fourth-order valence-electron chi connectivity index (χ4n) is 4.08. The Labute approximate surface area is 225 Å². The van der Waals surface area contributed by atoms with Gasteiger partial charge in [-0.2, -0.15) is 0 Å². The molecular weight excluding hydrogens is 507 g/mol. The molecule has 4 rings (SSSR count). The van der Waals surface area contributed by atoms with Crippen molar-refractivity contribution in [2.45, 2.75) is 46.5 Å². The van der Waals surface area contributed by atoms with E-state index < -0.39 is 5.82 Å². The van der Waals surface area contributed by atoms with Gasteiger partial charge < -0.3 is 14.3 Å². The second-order valence-corrected chi connectivity index (χ2v) is 9.72. The summed E-state index contributed by atoms with van der Waals surface area (Å²) in [6, 6.07) is 13.5. The standard InChI is InChI=1S/C30H28ClFN2O4/c1-18-6-9-27(32)22(11-18)14-23(36)13-21-7-8-24(15-26(21)31)38-30-25-12-19(2)29(16-28(25)33-17-34-30)37-10-4-5-20(3)35/h6-9,11-12,15-17H,4-5,10,13-14H2,1-3H3. The summed E-state index contributed by atoms with van der Waals surface area (Å²) in [6.07, 6.45) is 2.61. The van der Waals surface area contributed by atoms with Gasteiger partial charge in [-0.25, -0.2) is 14.4 Å². The Kier molecular flexibility index (Phi) is 8.69. The van der Waals surface area contributed by atoms with Gasteiger partial charge in [0.15, 0.2) is 0 Å². The van der Waals surface area contributed by atoms with Gasteiger partial charge in [0.05, 0.1) is 17.5 Å². The van der Waals surface area contributed by atoms with Gasteiger partial charge in [-0.3, -0.25) is 4.79 Å². The van der Waals surface area contributed by atoms with Crippen LogP contribution >= 0.6 is 11.6 Å². The molecule has 0 bridgehead atoms. The van der Waals surface area contributed by atoms with Crippen LogP contribution in [0.2, 0.25) is 5.02 Å². The van der Waals surface area contributed by atoms with Crippen LogP contribution < -0.4 is 9.47 Å². The number of benzene rings is 3. The third-order valence-electron chi connectivity index (χ3n) is 6.04. The van der Waals surface area contributed by atoms with E-state index in [2.05, 4.69) is 9.97 Å². The Morgan fingerprint density at radius 2 is 1.76 bits per heavy atom. The molecule has 0 unspecified atom stereocenters. The van der Waals surface area contributed by atoms with Gasteiger partial charge >= 0.3 is 0 Å². The second-order valence-electron chi connectivity index (χ2n) is 9.31. The molecule has 4 aromatic rings. The summed E-state index contributed by atoms with van der Waals surface area (Å²) in [5, 5.41) is 1.08. The molecule has 0 radical (unpaired) electrons. The van der Waals surface area contributed by atoms with Gasteiger partial charge in [0, 0.05) is 30.4 Å². The number of aromatic nitrogens is 2. The molecule has 0 aliphatic rings. The minimum absolute atomic E-state index is 0.00317. The molecule has 1 aromatic heterocycles. The summed E-state index contributed by atoms with van der Waals surface area (Å²) in [5.74, 6) is 1.11. The van der Waals surface area contributed by atoms with E-state index in [1.54, 1.807) is 37.3 Å². The van der Waals surface area contributed by atoms with Gasteiger partial charge in [-0.05, 0) is 68.1 Å². The average molecular weight is 535 g/mol. The lowest BCUT2D eigenvalue weighted by Crippen LogP contribution is -2.08. The van der Waals surface area contributed by atoms with E-state index >= 15 is 0 Å². The Morgan fingerprint density at radius 1 is 0.974 bits per heavy atom. The van der Waals surface area contributed by atoms with Crippen molar-refractivity contribution in [1.82, 2.24) is 9.97 Å². The zero-order valence-corrected chi connectivity index (χ0v) is 22.3. The predicted molar refractivity (Wildman–Crippen MR) is 145 cm³/mol. The van der Waals surface area contributed by atoms with Gasteiger partial charge in [0.2, 0.25) is 5.88 Å². The molecule has 8 heteroatoms. The number of carbonyl (C=O) groups is 2. The van der Waals surface area contributed by atoms with Crippen LogP contribution in [0.4, 0.5) is 4.39 Å². The number of carbonyl (C=O) groups excluding carboxylic acids is 2. The van der Waals surface area contributed by atoms with E-state index in [4.69, 9.17) is 21.1 Å². The lowest BCUT2D eigenvalue weighted by atomic mass is 10.0. The molecule has 0 saturated carbocycles. The third-order valence-corrected chi connectivity index (χ3v) is 6.39. The van der Waals surface area contributed by atoms with Crippen LogP contribution in [0.1, 0.15) is 42.0 Å². The molecule has 0 N–H and O–H groups in total. The predicted octanol–water partition coefficient (Wildman–Crippen LogP) is 6.93. The second kappa shape index (κ2) is 12.1. The topological polar surface area (TPSA) is 78.4 Å². The van der Waals surface area contributed by atoms with Crippen molar-refractivity contribution in [1.29, 1.82) is 0 Å². The first-order valence-electron chi connectivity index (χ1n) is 12.3. The van der Waals surface area contributed by atoms with E-state index in [1.807, 2.05) is 26.0 Å². The van der Waals surface area contributed by atoms with E-state index in [9.17, 15) is 14.0 Å². The molecule has 3 aromatic carbocycles. The highest BCUT2D eigenvalue weighted by Crippen LogP contribution is 2.33. The normalized spacial score (nSPS) is 11.0. The van der Waals surface area contributed by atoms with Crippen molar-refractivity contribution in [3.8, 4) is 17.4 Å². The summed E-state index contributed by atoms with van der Waals surface area (Å²) < 4.78 is 25.9. The molecule has 0 spiro atoms. The van der Waals surface area contributed by atoms with E-state index in [0.29, 0.717) is 63.9 Å². The maximum absolute atomic E-state index is 14.0. The number of aryl methyl sites for hydroxylation is 2. The van der Waals surface area contributed by atoms with Crippen molar-refractivity contribution in [3.05, 3.63) is 88.0 Å². The maximum Gasteiger partial charge on any atom is 0.230 e. The highest BCUT2D eigenvalue weighted by molar-refractivity contribution is 6.31. The molecule has 0 amide bonds. The molecule has 0 fully saturated rings. The fourth-order valence-corrected chi connectivity index (χ4v) is 4.32. The Morgan fingerprint density at radius 3 is 2.53 bits per heavy atom. The molecule has 0 saturated heterocycles. The molecule has 196 valence electrons. The molecule has 0 atom stereocenters. The monoisotopic (exact) mass is 534 g/mol. The van der Waals surface area contributed by atoms with Crippen molar-refractivity contribution >= 4 is 34.1 Å². The molecular formula is C30H28ClFN2O4. The van der Waals surface area contributed by atoms with E-state index in [1.165, 1.54) is 12.4 Å². The zero-order chi connectivity index (χ0) is 27.2. The Hall–Kier alpha value is -3.84. The van der Waals surface area contributed by atoms with Crippen LogP contribution in [0.5, 0.6) is 17.4 Å². The van der Waals surface area contributed by atoms with Gasteiger partial charge in [0.1, 0.15) is 35.2 Å². The first kappa shape index (κ1) is 27.2. The Bertz CT molecular complexity index is 1510. The van der Waals surface area contributed by atoms with Gasteiger partial charge in [-0.15, -0.1) is 0 Å². The van der Waals surface area contributed by atoms with Gasteiger partial charge in [-0.1, -0.05) is 35.4 Å². The highest BCUT2D eigenvalue weighted by atomic mass is 35.5. The average Bonchev–Trinajstić information content (AvgIpc) is 2.86. The molecule has 6 nitrogen and oxygen atoms in total. The van der Waals surface area contributed by atoms with Crippen LogP contribution in [0, 0.1) is 19.7 Å². The summed E-state index contributed by atoms with van der Waals surface area (Å²) in [7, 11) is 0. The molecule has 0 aliphatic heterocycles. The highest BCUT2D eigenvalue weighted by Gasteiger charge is 2.14. The SMILES string of the molecule is CC(=O)CCCOc1cc2ncnc(Oc3ccc(CC(=O)Cc4cc(C)ccc4F)c(Cl)c3)c2cc1C. The van der Waals surface area contributed by atoms with Crippen molar-refractivity contribution in [2.24, 2.45) is 0 Å². The van der Waals surface area contributed by atoms with Crippen LogP contribution in [-0.4, -0.2) is 28.1 Å². The van der Waals surface area contributed by atoms with E-state index in [-0.39, 0.29) is 24.4 Å². The lowest BCUT2D eigenvalue weighted by Gasteiger charge is -2.13. The van der Waals surface area contributed by atoms with Gasteiger partial charge in [0.25, 0.3) is 0 Å². The number of ether oxygens (including phenoxy) is 2. The summed E-state index contributed by atoms with van der Waals surface area (Å²) in [4.78, 5) is 32.4.